The van der Waals surface area contributed by atoms with Gasteiger partial charge in [0.25, 0.3) is 0 Å². The van der Waals surface area contributed by atoms with E-state index in [2.05, 4.69) is 0 Å². The molecule has 0 amide bonds. The summed E-state index contributed by atoms with van der Waals surface area (Å²) in [6, 6.07) is 0. The molecule has 0 fully saturated rings. The first kappa shape index (κ1) is 10.6. The zero-order valence-electron chi connectivity index (χ0n) is 8.15. The summed E-state index contributed by atoms with van der Waals surface area (Å²) in [5, 5.41) is 0. The number of allylic oxidation sites excluding steroid dienone is 2. The Morgan fingerprint density at radius 2 is 1.77 bits per heavy atom. The molecule has 1 aliphatic rings. The Hall–Kier alpha value is -0.470. The van der Waals surface area contributed by atoms with E-state index < -0.39 is 6.18 Å². The van der Waals surface area contributed by atoms with Crippen molar-refractivity contribution in [3.8, 4) is 0 Å². The second-order valence-electron chi connectivity index (χ2n) is 4.10. The molecule has 0 heterocycles. The maximum absolute atomic E-state index is 12.5. The van der Waals surface area contributed by atoms with Gasteiger partial charge in [-0.15, -0.1) is 0 Å². The fourth-order valence-corrected chi connectivity index (χ4v) is 1.98. The summed E-state index contributed by atoms with van der Waals surface area (Å²) in [6.07, 6.45) is -1.90. The van der Waals surface area contributed by atoms with Crippen LogP contribution in [0.4, 0.5) is 13.2 Å². The van der Waals surface area contributed by atoms with Crippen LogP contribution in [-0.2, 0) is 0 Å². The Morgan fingerprint density at radius 1 is 1.23 bits per heavy atom. The van der Waals surface area contributed by atoms with Crippen LogP contribution in [-0.4, -0.2) is 6.18 Å². The Kier molecular flexibility index (Phi) is 2.74. The van der Waals surface area contributed by atoms with Crippen LogP contribution in [0.1, 0.15) is 27.2 Å². The normalized spacial score (nSPS) is 35.8. The average molecular weight is 192 g/mol. The predicted octanol–water partition coefficient (Wildman–Crippen LogP) is 3.79. The largest absolute Gasteiger partial charge is 0.412 e. The summed E-state index contributed by atoms with van der Waals surface area (Å²) in [6.45, 7) is 5.39. The lowest BCUT2D eigenvalue weighted by Gasteiger charge is -2.31. The molecule has 0 saturated heterocycles. The zero-order chi connectivity index (χ0) is 10.2. The van der Waals surface area contributed by atoms with Crippen molar-refractivity contribution in [1.82, 2.24) is 0 Å². The van der Waals surface area contributed by atoms with E-state index in [0.717, 1.165) is 6.42 Å². The zero-order valence-corrected chi connectivity index (χ0v) is 8.15. The summed E-state index contributed by atoms with van der Waals surface area (Å²) in [4.78, 5) is 0. The van der Waals surface area contributed by atoms with Crippen molar-refractivity contribution in [2.24, 2.45) is 17.8 Å². The summed E-state index contributed by atoms with van der Waals surface area (Å²) >= 11 is 0. The van der Waals surface area contributed by atoms with Gasteiger partial charge >= 0.3 is 6.18 Å². The number of hydrogen-bond donors (Lipinski definition) is 0. The highest BCUT2D eigenvalue weighted by molar-refractivity contribution is 5.17. The van der Waals surface area contributed by atoms with Crippen LogP contribution in [0.15, 0.2) is 11.6 Å². The van der Waals surface area contributed by atoms with Crippen molar-refractivity contribution in [3.63, 3.8) is 0 Å². The molecule has 1 rings (SSSR count). The topological polar surface area (TPSA) is 0 Å². The van der Waals surface area contributed by atoms with Gasteiger partial charge in [-0.1, -0.05) is 26.8 Å². The van der Waals surface area contributed by atoms with Gasteiger partial charge in [-0.25, -0.2) is 0 Å². The third kappa shape index (κ3) is 2.26. The van der Waals surface area contributed by atoms with Crippen LogP contribution in [0, 0.1) is 17.8 Å². The molecule has 0 spiro atoms. The minimum Gasteiger partial charge on any atom is -0.166 e. The van der Waals surface area contributed by atoms with Gasteiger partial charge in [-0.05, 0) is 24.2 Å². The van der Waals surface area contributed by atoms with Gasteiger partial charge in [-0.3, -0.25) is 0 Å². The first-order valence-electron chi connectivity index (χ1n) is 4.61. The Balaban J connectivity index is 2.93. The highest BCUT2D eigenvalue weighted by Gasteiger charge is 2.40. The molecule has 0 aliphatic heterocycles. The van der Waals surface area contributed by atoms with Crippen molar-refractivity contribution >= 4 is 0 Å². The first-order chi connectivity index (χ1) is 5.82. The van der Waals surface area contributed by atoms with Gasteiger partial charge in [0.15, 0.2) is 0 Å². The van der Waals surface area contributed by atoms with Gasteiger partial charge in [-0.2, -0.15) is 13.2 Å². The van der Waals surface area contributed by atoms with Gasteiger partial charge in [0, 0.05) is 5.57 Å². The highest BCUT2D eigenvalue weighted by atomic mass is 19.4. The van der Waals surface area contributed by atoms with Gasteiger partial charge in [0.2, 0.25) is 0 Å². The third-order valence-electron chi connectivity index (χ3n) is 2.88. The van der Waals surface area contributed by atoms with E-state index in [1.165, 1.54) is 6.08 Å². The molecule has 0 N–H and O–H groups in total. The van der Waals surface area contributed by atoms with Crippen LogP contribution in [0.2, 0.25) is 0 Å². The molecule has 0 unspecified atom stereocenters. The van der Waals surface area contributed by atoms with E-state index >= 15 is 0 Å². The molecule has 3 atom stereocenters. The smallest absolute Gasteiger partial charge is 0.166 e. The lowest BCUT2D eigenvalue weighted by molar-refractivity contribution is -0.103. The third-order valence-corrected chi connectivity index (χ3v) is 2.88. The minimum atomic E-state index is -4.14. The molecule has 0 nitrogen and oxygen atoms in total. The van der Waals surface area contributed by atoms with E-state index in [9.17, 15) is 13.2 Å². The minimum absolute atomic E-state index is 0.0582. The van der Waals surface area contributed by atoms with Crippen LogP contribution in [0.25, 0.3) is 0 Å². The van der Waals surface area contributed by atoms with Crippen LogP contribution in [0.3, 0.4) is 0 Å². The van der Waals surface area contributed by atoms with E-state index in [1.807, 2.05) is 13.8 Å². The van der Waals surface area contributed by atoms with E-state index in [0.29, 0.717) is 0 Å². The Morgan fingerprint density at radius 3 is 2.23 bits per heavy atom. The molecular weight excluding hydrogens is 177 g/mol. The summed E-state index contributed by atoms with van der Waals surface area (Å²) < 4.78 is 37.4. The van der Waals surface area contributed by atoms with Crippen molar-refractivity contribution in [2.45, 2.75) is 33.4 Å². The van der Waals surface area contributed by atoms with Crippen LogP contribution < -0.4 is 0 Å². The molecule has 13 heavy (non-hydrogen) atoms. The van der Waals surface area contributed by atoms with Crippen molar-refractivity contribution < 1.29 is 13.2 Å². The monoisotopic (exact) mass is 192 g/mol. The SMILES string of the molecule is C[C@@H]1C=C(C(F)(F)F)[C@H](C)[C@H](C)C1. The van der Waals surface area contributed by atoms with Crippen molar-refractivity contribution in [2.75, 3.05) is 0 Å². The van der Waals surface area contributed by atoms with Crippen LogP contribution in [0.5, 0.6) is 0 Å². The summed E-state index contributed by atoms with van der Waals surface area (Å²) in [5.74, 6) is -0.157. The number of hydrogen-bond acceptors (Lipinski definition) is 0. The fraction of sp³-hybridized carbons (Fsp3) is 0.800. The maximum Gasteiger partial charge on any atom is 0.412 e. The number of alkyl halides is 3. The number of halogens is 3. The van der Waals surface area contributed by atoms with E-state index in [1.54, 1.807) is 6.92 Å². The maximum atomic E-state index is 12.5. The molecule has 0 radical (unpaired) electrons. The average Bonchev–Trinajstić information content (AvgIpc) is 1.94. The molecule has 0 aromatic carbocycles. The second-order valence-corrected chi connectivity index (χ2v) is 4.10. The molecule has 3 heteroatoms. The van der Waals surface area contributed by atoms with E-state index in [4.69, 9.17) is 0 Å². The van der Waals surface area contributed by atoms with Gasteiger partial charge in [0.05, 0.1) is 0 Å². The summed E-state index contributed by atoms with van der Waals surface area (Å²) in [7, 11) is 0. The molecular formula is C10H15F3. The van der Waals surface area contributed by atoms with Gasteiger partial charge < -0.3 is 0 Å². The van der Waals surface area contributed by atoms with E-state index in [-0.39, 0.29) is 23.3 Å². The van der Waals surface area contributed by atoms with Crippen molar-refractivity contribution in [1.29, 1.82) is 0 Å². The molecule has 0 aromatic rings. The molecule has 0 saturated carbocycles. The highest BCUT2D eigenvalue weighted by Crippen LogP contribution is 2.41. The van der Waals surface area contributed by atoms with Gasteiger partial charge in [0.1, 0.15) is 0 Å². The molecule has 0 bridgehead atoms. The second kappa shape index (κ2) is 3.35. The molecule has 76 valence electrons. The first-order valence-corrected chi connectivity index (χ1v) is 4.61. The Labute approximate surface area is 76.8 Å². The lowest BCUT2D eigenvalue weighted by atomic mass is 9.76. The Bertz CT molecular complexity index is 215. The molecule has 0 aromatic heterocycles. The number of rotatable bonds is 0. The molecule has 1 aliphatic carbocycles. The predicted molar refractivity (Wildman–Crippen MR) is 46.2 cm³/mol. The standard InChI is InChI=1S/C10H15F3/c1-6-4-7(2)8(3)9(5-6)10(11,12)13/h5-8H,4H2,1-3H3/t6-,7+,8+/m0/s1. The lowest BCUT2D eigenvalue weighted by Crippen LogP contribution is -2.28. The summed E-state index contributed by atoms with van der Waals surface area (Å²) in [5.41, 5.74) is -0.334. The fourth-order valence-electron chi connectivity index (χ4n) is 1.98. The quantitative estimate of drug-likeness (QED) is 0.512. The van der Waals surface area contributed by atoms with Crippen LogP contribution >= 0.6 is 0 Å². The van der Waals surface area contributed by atoms with Crippen molar-refractivity contribution in [3.05, 3.63) is 11.6 Å².